The number of aromatic nitrogens is 4. The second-order valence-electron chi connectivity index (χ2n) is 7.97. The Morgan fingerprint density at radius 2 is 1.88 bits per heavy atom. The zero-order valence-electron chi connectivity index (χ0n) is 18.3. The van der Waals surface area contributed by atoms with Gasteiger partial charge in [0.2, 0.25) is 5.95 Å². The van der Waals surface area contributed by atoms with Crippen LogP contribution in [0.5, 0.6) is 0 Å². The molecule has 0 atom stereocenters. The van der Waals surface area contributed by atoms with Crippen molar-refractivity contribution in [1.29, 1.82) is 0 Å². The van der Waals surface area contributed by atoms with Gasteiger partial charge in [-0.25, -0.2) is 4.68 Å². The van der Waals surface area contributed by atoms with Crippen molar-refractivity contribution in [1.82, 2.24) is 25.1 Å². The van der Waals surface area contributed by atoms with Gasteiger partial charge in [0.05, 0.1) is 0 Å². The van der Waals surface area contributed by atoms with E-state index in [-0.39, 0.29) is 5.91 Å². The Kier molecular flexibility index (Phi) is 4.93. The number of amides is 1. The number of fused-ring (bicyclic) bond motifs is 1. The first-order chi connectivity index (χ1) is 15.5. The summed E-state index contributed by atoms with van der Waals surface area (Å²) in [6.45, 7) is 7.38. The Morgan fingerprint density at radius 3 is 2.66 bits per heavy atom. The Morgan fingerprint density at radius 1 is 1.03 bits per heavy atom. The van der Waals surface area contributed by atoms with E-state index in [0.29, 0.717) is 24.9 Å². The summed E-state index contributed by atoms with van der Waals surface area (Å²) in [7, 11) is 0. The molecule has 5 rings (SSSR count). The number of hydrogen-bond acceptors (Lipinski definition) is 5. The summed E-state index contributed by atoms with van der Waals surface area (Å²) in [5.74, 6) is 1.32. The first-order valence-electron chi connectivity index (χ1n) is 10.7. The summed E-state index contributed by atoms with van der Waals surface area (Å²) in [6, 6.07) is 16.1. The molecule has 0 saturated carbocycles. The minimum absolute atomic E-state index is 0.0219. The molecule has 2 N–H and O–H groups in total. The number of rotatable bonds is 5. The molecule has 0 radical (unpaired) electrons. The highest BCUT2D eigenvalue weighted by atomic mass is 16.1. The number of carbonyl (C=O) groups excluding carboxylic acids is 1. The Labute approximate surface area is 186 Å². The molecule has 2 aromatic heterocycles. The Balaban J connectivity index is 1.44. The molecule has 32 heavy (non-hydrogen) atoms. The number of aryl methyl sites for hydroxylation is 3. The van der Waals surface area contributed by atoms with Gasteiger partial charge in [0.15, 0.2) is 5.82 Å². The molecule has 7 nitrogen and oxygen atoms in total. The van der Waals surface area contributed by atoms with Crippen LogP contribution in [-0.2, 0) is 13.1 Å². The van der Waals surface area contributed by atoms with Crippen molar-refractivity contribution in [3.05, 3.63) is 77.1 Å². The van der Waals surface area contributed by atoms with E-state index >= 15 is 0 Å². The lowest BCUT2D eigenvalue weighted by molar-refractivity contribution is 0.0966. The average Bonchev–Trinajstić information content (AvgIpc) is 3.37. The van der Waals surface area contributed by atoms with Crippen molar-refractivity contribution in [2.45, 2.75) is 33.9 Å². The first kappa shape index (κ1) is 19.9. The van der Waals surface area contributed by atoms with E-state index in [2.05, 4.69) is 46.8 Å². The van der Waals surface area contributed by atoms with Crippen molar-refractivity contribution in [2.75, 3.05) is 5.32 Å². The molecular weight excluding hydrogens is 400 g/mol. The van der Waals surface area contributed by atoms with Crippen LogP contribution >= 0.6 is 0 Å². The highest BCUT2D eigenvalue weighted by Crippen LogP contribution is 2.29. The van der Waals surface area contributed by atoms with Gasteiger partial charge in [0.25, 0.3) is 5.91 Å². The largest absolute Gasteiger partial charge is 0.348 e. The van der Waals surface area contributed by atoms with Gasteiger partial charge in [-0.1, -0.05) is 12.1 Å². The van der Waals surface area contributed by atoms with E-state index in [1.54, 1.807) is 0 Å². The van der Waals surface area contributed by atoms with E-state index < -0.39 is 0 Å². The van der Waals surface area contributed by atoms with Gasteiger partial charge in [0.1, 0.15) is 0 Å². The third-order valence-corrected chi connectivity index (χ3v) is 5.71. The zero-order chi connectivity index (χ0) is 22.2. The van der Waals surface area contributed by atoms with E-state index in [1.807, 2.05) is 49.0 Å². The maximum atomic E-state index is 11.8. The third kappa shape index (κ3) is 3.62. The third-order valence-electron chi connectivity index (χ3n) is 5.71. The van der Waals surface area contributed by atoms with Crippen molar-refractivity contribution >= 4 is 17.5 Å². The number of pyridine rings is 1. The molecular formula is C25H24N6O. The summed E-state index contributed by atoms with van der Waals surface area (Å²) >= 11 is 0. The van der Waals surface area contributed by atoms with Gasteiger partial charge < -0.3 is 10.6 Å². The van der Waals surface area contributed by atoms with Crippen LogP contribution in [-0.4, -0.2) is 25.7 Å². The van der Waals surface area contributed by atoms with Gasteiger partial charge >= 0.3 is 0 Å². The molecule has 160 valence electrons. The molecule has 1 aliphatic rings. The lowest BCUT2D eigenvalue weighted by atomic mass is 9.98. The highest BCUT2D eigenvalue weighted by Gasteiger charge is 2.19. The second-order valence-corrected chi connectivity index (χ2v) is 7.97. The fourth-order valence-electron chi connectivity index (χ4n) is 4.06. The summed E-state index contributed by atoms with van der Waals surface area (Å²) in [5.41, 5.74) is 8.05. The normalized spacial score (nSPS) is 12.5. The van der Waals surface area contributed by atoms with Gasteiger partial charge in [-0.2, -0.15) is 4.98 Å². The number of carbonyl (C=O) groups is 1. The molecule has 0 aliphatic carbocycles. The molecule has 0 saturated heterocycles. The highest BCUT2D eigenvalue weighted by molar-refractivity contribution is 5.98. The Hall–Kier alpha value is -4.00. The molecule has 7 heteroatoms. The molecule has 0 unspecified atom stereocenters. The first-order valence-corrected chi connectivity index (χ1v) is 10.7. The van der Waals surface area contributed by atoms with Crippen molar-refractivity contribution in [3.63, 3.8) is 0 Å². The minimum Gasteiger partial charge on any atom is -0.348 e. The maximum Gasteiger partial charge on any atom is 0.251 e. The van der Waals surface area contributed by atoms with Crippen LogP contribution in [0.25, 0.3) is 22.5 Å². The second kappa shape index (κ2) is 7.92. The average molecular weight is 425 g/mol. The lowest BCUT2D eigenvalue weighted by Gasteiger charge is -2.08. The quantitative estimate of drug-likeness (QED) is 0.488. The van der Waals surface area contributed by atoms with Crippen LogP contribution in [0.1, 0.15) is 34.1 Å². The Bertz CT molecular complexity index is 1340. The molecule has 1 amide bonds. The van der Waals surface area contributed by atoms with Gasteiger partial charge in [-0.15, -0.1) is 5.10 Å². The van der Waals surface area contributed by atoms with Gasteiger partial charge in [-0.3, -0.25) is 9.78 Å². The molecule has 0 fully saturated rings. The van der Waals surface area contributed by atoms with Crippen molar-refractivity contribution in [3.8, 4) is 22.5 Å². The molecule has 0 bridgehead atoms. The van der Waals surface area contributed by atoms with Crippen LogP contribution in [0.4, 0.5) is 11.6 Å². The summed E-state index contributed by atoms with van der Waals surface area (Å²) in [4.78, 5) is 20.8. The van der Waals surface area contributed by atoms with E-state index in [9.17, 15) is 4.79 Å². The SMILES string of the molecule is CCn1nc(-c2ccc(-c3ccnc(C)c3)c(C)c2)nc1Nc1ccc2c(c1)CNC2=O. The predicted molar refractivity (Wildman–Crippen MR) is 125 cm³/mol. The van der Waals surface area contributed by atoms with Crippen molar-refractivity contribution < 1.29 is 4.79 Å². The molecule has 0 spiro atoms. The maximum absolute atomic E-state index is 11.8. The number of nitrogens with one attached hydrogen (secondary N) is 2. The zero-order valence-corrected chi connectivity index (χ0v) is 18.3. The fraction of sp³-hybridized carbons (Fsp3) is 0.200. The lowest BCUT2D eigenvalue weighted by Crippen LogP contribution is -2.12. The number of anilines is 2. The summed E-state index contributed by atoms with van der Waals surface area (Å²) in [5, 5.41) is 10.9. The van der Waals surface area contributed by atoms with Gasteiger partial charge in [0, 0.05) is 41.8 Å². The minimum atomic E-state index is -0.0219. The van der Waals surface area contributed by atoms with E-state index in [1.165, 1.54) is 5.56 Å². The number of hydrogen-bond donors (Lipinski definition) is 2. The topological polar surface area (TPSA) is 84.7 Å². The van der Waals surface area contributed by atoms with Crippen LogP contribution in [0.2, 0.25) is 0 Å². The summed E-state index contributed by atoms with van der Waals surface area (Å²) < 4.78 is 1.85. The number of benzene rings is 2. The van der Waals surface area contributed by atoms with E-state index in [0.717, 1.165) is 39.2 Å². The van der Waals surface area contributed by atoms with Crippen LogP contribution < -0.4 is 10.6 Å². The van der Waals surface area contributed by atoms with Gasteiger partial charge in [-0.05, 0) is 79.4 Å². The van der Waals surface area contributed by atoms with Crippen molar-refractivity contribution in [2.24, 2.45) is 0 Å². The smallest absolute Gasteiger partial charge is 0.251 e. The molecule has 1 aliphatic heterocycles. The predicted octanol–water partition coefficient (Wildman–Crippen LogP) is 4.63. The number of nitrogens with zero attached hydrogens (tertiary/aromatic N) is 4. The van der Waals surface area contributed by atoms with E-state index in [4.69, 9.17) is 10.1 Å². The summed E-state index contributed by atoms with van der Waals surface area (Å²) in [6.07, 6.45) is 1.84. The van der Waals surface area contributed by atoms with Crippen LogP contribution in [0.15, 0.2) is 54.7 Å². The van der Waals surface area contributed by atoms with Crippen LogP contribution in [0, 0.1) is 13.8 Å². The molecule has 2 aromatic carbocycles. The standard InChI is InChI=1S/C25H24N6O/c1-4-31-25(28-20-6-8-22-19(13-20)14-27-24(22)32)29-23(30-31)18-5-7-21(15(2)11-18)17-9-10-26-16(3)12-17/h5-13H,4,14H2,1-3H3,(H,27,32)(H,28,29,30). The molecule has 4 aromatic rings. The monoisotopic (exact) mass is 424 g/mol. The van der Waals surface area contributed by atoms with Crippen LogP contribution in [0.3, 0.4) is 0 Å². The fourth-order valence-corrected chi connectivity index (χ4v) is 4.06. The molecule has 3 heterocycles.